The van der Waals surface area contributed by atoms with Gasteiger partial charge in [-0.05, 0) is 35.3 Å². The Hall–Kier alpha value is -1.10. The van der Waals surface area contributed by atoms with Crippen LogP contribution < -0.4 is 16.4 Å². The standard InChI is InChI=1S/C13H16BrN3O4S2/c1-3-21-12(20)8-5(2)9(14)23-11(8)16-7(18)4-6-10(19)17-13(15)22-6/h6,13H,3-4,15H2,1-2H3,(H,16,18)(H,17,19). The van der Waals surface area contributed by atoms with Crippen molar-refractivity contribution in [2.75, 3.05) is 11.9 Å². The summed E-state index contributed by atoms with van der Waals surface area (Å²) in [5, 5.41) is 5.11. The van der Waals surface area contributed by atoms with E-state index in [1.54, 1.807) is 13.8 Å². The lowest BCUT2D eigenvalue weighted by atomic mass is 10.2. The van der Waals surface area contributed by atoms with Crippen LogP contribution in [0.25, 0.3) is 0 Å². The van der Waals surface area contributed by atoms with E-state index in [0.717, 1.165) is 3.79 Å². The number of amides is 2. The van der Waals surface area contributed by atoms with Gasteiger partial charge in [0.25, 0.3) is 0 Å². The molecule has 2 unspecified atom stereocenters. The Morgan fingerprint density at radius 2 is 2.17 bits per heavy atom. The van der Waals surface area contributed by atoms with E-state index in [1.807, 2.05) is 0 Å². The van der Waals surface area contributed by atoms with Crippen LogP contribution >= 0.6 is 39.0 Å². The SMILES string of the molecule is CCOC(=O)c1c(NC(=O)CC2SC(N)NC2=O)sc(Br)c1C. The third kappa shape index (κ3) is 4.25. The zero-order valence-corrected chi connectivity index (χ0v) is 15.7. The molecule has 126 valence electrons. The molecule has 2 heterocycles. The van der Waals surface area contributed by atoms with Gasteiger partial charge in [0.15, 0.2) is 0 Å². The summed E-state index contributed by atoms with van der Waals surface area (Å²) in [7, 11) is 0. The molecule has 2 rings (SSSR count). The van der Waals surface area contributed by atoms with Crippen LogP contribution in [0, 0.1) is 6.92 Å². The van der Waals surface area contributed by atoms with Crippen molar-refractivity contribution in [3.05, 3.63) is 14.9 Å². The molecule has 0 radical (unpaired) electrons. The van der Waals surface area contributed by atoms with E-state index in [-0.39, 0.29) is 24.8 Å². The number of nitrogens with two attached hydrogens (primary N) is 1. The normalized spacial score (nSPS) is 20.3. The van der Waals surface area contributed by atoms with Gasteiger partial charge >= 0.3 is 5.97 Å². The number of carbonyl (C=O) groups excluding carboxylic acids is 3. The van der Waals surface area contributed by atoms with Gasteiger partial charge in [-0.3, -0.25) is 9.59 Å². The molecule has 2 atom stereocenters. The van der Waals surface area contributed by atoms with Crippen molar-refractivity contribution in [1.29, 1.82) is 0 Å². The minimum atomic E-state index is -0.527. The van der Waals surface area contributed by atoms with Crippen LogP contribution in [0.15, 0.2) is 3.79 Å². The maximum absolute atomic E-state index is 12.2. The van der Waals surface area contributed by atoms with Crippen LogP contribution in [0.4, 0.5) is 5.00 Å². The summed E-state index contributed by atoms with van der Waals surface area (Å²) in [5.74, 6) is -1.10. The molecule has 1 aliphatic heterocycles. The second-order valence-corrected chi connectivity index (χ2v) is 8.42. The summed E-state index contributed by atoms with van der Waals surface area (Å²) < 4.78 is 5.76. The molecule has 10 heteroatoms. The molecular weight excluding hydrogens is 406 g/mol. The van der Waals surface area contributed by atoms with Gasteiger partial charge in [-0.25, -0.2) is 4.79 Å². The fraction of sp³-hybridized carbons (Fsp3) is 0.462. The van der Waals surface area contributed by atoms with Gasteiger partial charge in [0.1, 0.15) is 10.5 Å². The maximum atomic E-state index is 12.2. The fourth-order valence-corrected chi connectivity index (χ4v) is 4.61. The van der Waals surface area contributed by atoms with Crippen LogP contribution in [0.3, 0.4) is 0 Å². The number of hydrogen-bond donors (Lipinski definition) is 3. The van der Waals surface area contributed by atoms with E-state index < -0.39 is 16.7 Å². The van der Waals surface area contributed by atoms with Crippen LogP contribution in [0.2, 0.25) is 0 Å². The molecule has 1 saturated heterocycles. The maximum Gasteiger partial charge on any atom is 0.341 e. The number of anilines is 1. The van der Waals surface area contributed by atoms with Gasteiger partial charge in [-0.15, -0.1) is 23.1 Å². The zero-order valence-electron chi connectivity index (χ0n) is 12.5. The highest BCUT2D eigenvalue weighted by atomic mass is 79.9. The number of nitrogens with one attached hydrogen (secondary N) is 2. The summed E-state index contributed by atoms with van der Waals surface area (Å²) in [6.07, 6.45) is -0.0129. The van der Waals surface area contributed by atoms with Crippen molar-refractivity contribution in [2.45, 2.75) is 31.0 Å². The molecule has 1 fully saturated rings. The van der Waals surface area contributed by atoms with Gasteiger partial charge in [-0.1, -0.05) is 0 Å². The Balaban J connectivity index is 2.10. The van der Waals surface area contributed by atoms with E-state index in [1.165, 1.54) is 23.1 Å². The van der Waals surface area contributed by atoms with Crippen LogP contribution in [0.1, 0.15) is 29.3 Å². The Morgan fingerprint density at radius 3 is 2.74 bits per heavy atom. The van der Waals surface area contributed by atoms with E-state index in [4.69, 9.17) is 10.5 Å². The van der Waals surface area contributed by atoms with Crippen LogP contribution in [-0.4, -0.2) is 35.1 Å². The average molecular weight is 422 g/mol. The zero-order chi connectivity index (χ0) is 17.1. The number of halogens is 1. The average Bonchev–Trinajstić information content (AvgIpc) is 2.90. The van der Waals surface area contributed by atoms with E-state index in [2.05, 4.69) is 26.6 Å². The molecule has 0 aromatic carbocycles. The van der Waals surface area contributed by atoms with Gasteiger partial charge in [0, 0.05) is 6.42 Å². The van der Waals surface area contributed by atoms with Crippen molar-refractivity contribution in [2.24, 2.45) is 5.73 Å². The largest absolute Gasteiger partial charge is 0.462 e. The molecule has 1 aliphatic rings. The molecule has 23 heavy (non-hydrogen) atoms. The Bertz CT molecular complexity index is 649. The highest BCUT2D eigenvalue weighted by molar-refractivity contribution is 9.11. The predicted octanol–water partition coefficient (Wildman–Crippen LogP) is 1.80. The molecule has 0 bridgehead atoms. The molecule has 1 aromatic rings. The van der Waals surface area contributed by atoms with Gasteiger partial charge < -0.3 is 21.1 Å². The molecule has 7 nitrogen and oxygen atoms in total. The van der Waals surface area contributed by atoms with Crippen molar-refractivity contribution in [1.82, 2.24) is 5.32 Å². The predicted molar refractivity (Wildman–Crippen MR) is 93.5 cm³/mol. The number of esters is 1. The monoisotopic (exact) mass is 421 g/mol. The molecule has 4 N–H and O–H groups in total. The quantitative estimate of drug-likeness (QED) is 0.625. The van der Waals surface area contributed by atoms with Crippen molar-refractivity contribution in [3.8, 4) is 0 Å². The molecule has 2 amide bonds. The summed E-state index contributed by atoms with van der Waals surface area (Å²) >= 11 is 5.79. The first kappa shape index (κ1) is 18.2. The highest BCUT2D eigenvalue weighted by Gasteiger charge is 2.33. The summed E-state index contributed by atoms with van der Waals surface area (Å²) in [6, 6.07) is 0. The topological polar surface area (TPSA) is 111 Å². The number of hydrogen-bond acceptors (Lipinski definition) is 7. The first-order valence-electron chi connectivity index (χ1n) is 6.80. The molecule has 0 saturated carbocycles. The molecule has 0 aliphatic carbocycles. The van der Waals surface area contributed by atoms with Crippen molar-refractivity contribution < 1.29 is 19.1 Å². The van der Waals surface area contributed by atoms with Gasteiger partial charge in [0.2, 0.25) is 11.8 Å². The molecule has 1 aromatic heterocycles. The van der Waals surface area contributed by atoms with E-state index in [9.17, 15) is 14.4 Å². The minimum Gasteiger partial charge on any atom is -0.462 e. The van der Waals surface area contributed by atoms with E-state index >= 15 is 0 Å². The first-order valence-corrected chi connectivity index (χ1v) is 9.36. The Labute approximate surface area is 149 Å². The van der Waals surface area contributed by atoms with Gasteiger partial charge in [0.05, 0.1) is 21.2 Å². The lowest BCUT2D eigenvalue weighted by Crippen LogP contribution is -2.33. The third-order valence-electron chi connectivity index (χ3n) is 3.08. The molecular formula is C13H16BrN3O4S2. The summed E-state index contributed by atoms with van der Waals surface area (Å²) in [6.45, 7) is 3.73. The summed E-state index contributed by atoms with van der Waals surface area (Å²) in [4.78, 5) is 35.8. The van der Waals surface area contributed by atoms with Crippen LogP contribution in [-0.2, 0) is 14.3 Å². The van der Waals surface area contributed by atoms with Gasteiger partial charge in [-0.2, -0.15) is 0 Å². The second-order valence-electron chi connectivity index (χ2n) is 4.73. The fourth-order valence-electron chi connectivity index (χ4n) is 2.02. The molecule has 0 spiro atoms. The van der Waals surface area contributed by atoms with E-state index in [0.29, 0.717) is 16.1 Å². The highest BCUT2D eigenvalue weighted by Crippen LogP contribution is 2.37. The third-order valence-corrected chi connectivity index (χ3v) is 6.28. The number of carbonyl (C=O) groups is 3. The number of ether oxygens (including phenoxy) is 1. The smallest absolute Gasteiger partial charge is 0.341 e. The Kier molecular flexibility index (Phi) is 6.06. The van der Waals surface area contributed by atoms with Crippen LogP contribution in [0.5, 0.6) is 0 Å². The lowest BCUT2D eigenvalue weighted by Gasteiger charge is -2.09. The Morgan fingerprint density at radius 1 is 1.48 bits per heavy atom. The summed E-state index contributed by atoms with van der Waals surface area (Å²) in [5.41, 5.74) is 6.14. The number of thiophene rings is 1. The lowest BCUT2D eigenvalue weighted by molar-refractivity contribution is -0.123. The van der Waals surface area contributed by atoms with Crippen molar-refractivity contribution in [3.63, 3.8) is 0 Å². The number of thioether (sulfide) groups is 1. The second kappa shape index (κ2) is 7.65. The first-order chi connectivity index (χ1) is 10.8. The minimum absolute atomic E-state index is 0.0129. The number of rotatable bonds is 5. The van der Waals surface area contributed by atoms with Crippen molar-refractivity contribution >= 4 is 61.8 Å².